The van der Waals surface area contributed by atoms with E-state index < -0.39 is 0 Å². The van der Waals surface area contributed by atoms with Gasteiger partial charge in [0.05, 0.1) is 6.10 Å². The molecule has 0 N–H and O–H groups in total. The van der Waals surface area contributed by atoms with Crippen molar-refractivity contribution in [3.8, 4) is 5.75 Å². The van der Waals surface area contributed by atoms with Crippen molar-refractivity contribution < 1.29 is 4.74 Å². The maximum absolute atomic E-state index is 5.78. The summed E-state index contributed by atoms with van der Waals surface area (Å²) in [6, 6.07) is 6.40. The summed E-state index contributed by atoms with van der Waals surface area (Å²) in [4.78, 5) is 2.53. The van der Waals surface area contributed by atoms with Crippen molar-refractivity contribution in [1.29, 1.82) is 0 Å². The van der Waals surface area contributed by atoms with Gasteiger partial charge in [0.25, 0.3) is 0 Å². The maximum Gasteiger partial charge on any atom is 0.121 e. The fraction of sp³-hybridized carbons (Fsp3) is 0.600. The third-order valence-electron chi connectivity index (χ3n) is 3.16. The van der Waals surface area contributed by atoms with Crippen molar-refractivity contribution in [2.75, 3.05) is 13.1 Å². The fourth-order valence-electron chi connectivity index (χ4n) is 2.43. The maximum atomic E-state index is 5.78. The minimum atomic E-state index is 0.224. The van der Waals surface area contributed by atoms with Gasteiger partial charge in [0.1, 0.15) is 5.75 Å². The number of halogens is 1. The number of rotatable bonds is 4. The second-order valence-electron chi connectivity index (χ2n) is 5.30. The monoisotopic (exact) mass is 311 g/mol. The first-order chi connectivity index (χ1) is 8.63. The first kappa shape index (κ1) is 13.9. The quantitative estimate of drug-likeness (QED) is 0.825. The molecule has 2 rings (SSSR count). The van der Waals surface area contributed by atoms with E-state index in [1.807, 2.05) is 6.07 Å². The molecule has 3 heteroatoms. The number of nitrogens with zero attached hydrogens (tertiary/aromatic N) is 1. The highest BCUT2D eigenvalue weighted by Gasteiger charge is 2.11. The summed E-state index contributed by atoms with van der Waals surface area (Å²) >= 11 is 3.57. The lowest BCUT2D eigenvalue weighted by molar-refractivity contribution is 0.219. The Morgan fingerprint density at radius 1 is 1.17 bits per heavy atom. The molecule has 2 nitrogen and oxygen atoms in total. The van der Waals surface area contributed by atoms with E-state index in [1.54, 1.807) is 0 Å². The first-order valence-corrected chi connectivity index (χ1v) is 7.61. The van der Waals surface area contributed by atoms with Crippen LogP contribution in [-0.2, 0) is 6.54 Å². The molecule has 0 aliphatic carbocycles. The highest BCUT2D eigenvalue weighted by Crippen LogP contribution is 2.24. The molecule has 1 saturated heterocycles. The van der Waals surface area contributed by atoms with Gasteiger partial charge in [-0.3, -0.25) is 4.90 Å². The largest absolute Gasteiger partial charge is 0.491 e. The SMILES string of the molecule is CC(C)Oc1cc(Br)cc(CN2CCCCC2)c1. The molecular weight excluding hydrogens is 290 g/mol. The molecule has 1 aliphatic heterocycles. The Kier molecular flexibility index (Phi) is 5.07. The van der Waals surface area contributed by atoms with Gasteiger partial charge in [-0.25, -0.2) is 0 Å². The van der Waals surface area contributed by atoms with Crippen LogP contribution in [0.15, 0.2) is 22.7 Å². The topological polar surface area (TPSA) is 12.5 Å². The second-order valence-corrected chi connectivity index (χ2v) is 6.21. The highest BCUT2D eigenvalue weighted by molar-refractivity contribution is 9.10. The lowest BCUT2D eigenvalue weighted by atomic mass is 10.1. The van der Waals surface area contributed by atoms with Crippen molar-refractivity contribution in [2.45, 2.75) is 45.8 Å². The normalized spacial score (nSPS) is 17.1. The van der Waals surface area contributed by atoms with E-state index in [0.717, 1.165) is 16.8 Å². The Balaban J connectivity index is 2.04. The van der Waals surface area contributed by atoms with Gasteiger partial charge in [0.2, 0.25) is 0 Å². The lowest BCUT2D eigenvalue weighted by Crippen LogP contribution is -2.29. The Hall–Kier alpha value is -0.540. The molecular formula is C15H22BrNO. The summed E-state index contributed by atoms with van der Waals surface area (Å²) in [6.45, 7) is 7.62. The number of ether oxygens (including phenoxy) is 1. The zero-order valence-electron chi connectivity index (χ0n) is 11.3. The standard InChI is InChI=1S/C15H22BrNO/c1-12(2)18-15-9-13(8-14(16)10-15)11-17-6-4-3-5-7-17/h8-10,12H,3-7,11H2,1-2H3. The Labute approximate surface area is 118 Å². The minimum absolute atomic E-state index is 0.224. The second kappa shape index (κ2) is 6.58. The fourth-order valence-corrected chi connectivity index (χ4v) is 2.95. The molecule has 1 fully saturated rings. The molecule has 100 valence electrons. The average molecular weight is 312 g/mol. The van der Waals surface area contributed by atoms with Gasteiger partial charge < -0.3 is 4.74 Å². The molecule has 0 bridgehead atoms. The lowest BCUT2D eigenvalue weighted by Gasteiger charge is -2.26. The van der Waals surface area contributed by atoms with Crippen LogP contribution in [-0.4, -0.2) is 24.1 Å². The van der Waals surface area contributed by atoms with Crippen LogP contribution in [0.5, 0.6) is 5.75 Å². The summed E-state index contributed by atoms with van der Waals surface area (Å²) in [6.07, 6.45) is 4.28. The van der Waals surface area contributed by atoms with Crippen molar-refractivity contribution in [3.05, 3.63) is 28.2 Å². The smallest absolute Gasteiger partial charge is 0.121 e. The number of likely N-dealkylation sites (tertiary alicyclic amines) is 1. The Bertz CT molecular complexity index is 386. The Morgan fingerprint density at radius 2 is 1.89 bits per heavy atom. The molecule has 0 atom stereocenters. The van der Waals surface area contributed by atoms with E-state index in [9.17, 15) is 0 Å². The molecule has 1 aliphatic rings. The van der Waals surface area contributed by atoms with Crippen LogP contribution in [0.4, 0.5) is 0 Å². The zero-order chi connectivity index (χ0) is 13.0. The van der Waals surface area contributed by atoms with Gasteiger partial charge >= 0.3 is 0 Å². The summed E-state index contributed by atoms with van der Waals surface area (Å²) in [7, 11) is 0. The van der Waals surface area contributed by atoms with Crippen LogP contribution in [0.3, 0.4) is 0 Å². The van der Waals surface area contributed by atoms with Crippen LogP contribution >= 0.6 is 15.9 Å². The van der Waals surface area contributed by atoms with Crippen molar-refractivity contribution in [3.63, 3.8) is 0 Å². The summed E-state index contributed by atoms with van der Waals surface area (Å²) in [5.41, 5.74) is 1.34. The van der Waals surface area contributed by atoms with Gasteiger partial charge in [-0.15, -0.1) is 0 Å². The van der Waals surface area contributed by atoms with Crippen LogP contribution < -0.4 is 4.74 Å². The first-order valence-electron chi connectivity index (χ1n) is 6.82. The third-order valence-corrected chi connectivity index (χ3v) is 3.62. The molecule has 0 aromatic heterocycles. The minimum Gasteiger partial charge on any atom is -0.491 e. The van der Waals surface area contributed by atoms with E-state index in [2.05, 4.69) is 46.8 Å². The molecule has 0 amide bonds. The molecule has 18 heavy (non-hydrogen) atoms. The van der Waals surface area contributed by atoms with E-state index >= 15 is 0 Å². The van der Waals surface area contributed by atoms with E-state index in [1.165, 1.54) is 37.9 Å². The molecule has 0 unspecified atom stereocenters. The predicted octanol–water partition coefficient (Wildman–Crippen LogP) is 4.22. The van der Waals surface area contributed by atoms with Gasteiger partial charge in [0.15, 0.2) is 0 Å². The zero-order valence-corrected chi connectivity index (χ0v) is 12.9. The highest BCUT2D eigenvalue weighted by atomic mass is 79.9. The average Bonchev–Trinajstić information content (AvgIpc) is 2.28. The van der Waals surface area contributed by atoms with E-state index in [4.69, 9.17) is 4.74 Å². The van der Waals surface area contributed by atoms with Crippen LogP contribution in [0, 0.1) is 0 Å². The third kappa shape index (κ3) is 4.29. The van der Waals surface area contributed by atoms with Crippen LogP contribution in [0.1, 0.15) is 38.7 Å². The van der Waals surface area contributed by atoms with Crippen molar-refractivity contribution >= 4 is 15.9 Å². The van der Waals surface area contributed by atoms with Crippen LogP contribution in [0.25, 0.3) is 0 Å². The van der Waals surface area contributed by atoms with Crippen LogP contribution in [0.2, 0.25) is 0 Å². The predicted molar refractivity (Wildman–Crippen MR) is 79.0 cm³/mol. The number of hydrogen-bond donors (Lipinski definition) is 0. The molecule has 1 aromatic rings. The van der Waals surface area contributed by atoms with Crippen molar-refractivity contribution in [1.82, 2.24) is 4.90 Å². The summed E-state index contributed by atoms with van der Waals surface area (Å²) < 4.78 is 6.88. The van der Waals surface area contributed by atoms with E-state index in [0.29, 0.717) is 0 Å². The molecule has 0 spiro atoms. The molecule has 1 heterocycles. The molecule has 0 radical (unpaired) electrons. The number of benzene rings is 1. The molecule has 0 saturated carbocycles. The van der Waals surface area contributed by atoms with Gasteiger partial charge in [-0.1, -0.05) is 22.4 Å². The van der Waals surface area contributed by atoms with Gasteiger partial charge in [0, 0.05) is 11.0 Å². The summed E-state index contributed by atoms with van der Waals surface area (Å²) in [5.74, 6) is 0.964. The Morgan fingerprint density at radius 3 is 2.56 bits per heavy atom. The molecule has 1 aromatic carbocycles. The number of hydrogen-bond acceptors (Lipinski definition) is 2. The number of piperidine rings is 1. The van der Waals surface area contributed by atoms with Gasteiger partial charge in [-0.05, 0) is 63.5 Å². The van der Waals surface area contributed by atoms with Crippen molar-refractivity contribution in [2.24, 2.45) is 0 Å². The van der Waals surface area contributed by atoms with Gasteiger partial charge in [-0.2, -0.15) is 0 Å². The van der Waals surface area contributed by atoms with E-state index in [-0.39, 0.29) is 6.10 Å². The summed E-state index contributed by atoms with van der Waals surface area (Å²) in [5, 5.41) is 0.